The average Bonchev–Trinajstić information content (AvgIpc) is 3.31. The molecule has 1 saturated carbocycles. The number of aromatic nitrogens is 2. The molecular formula is C17H18N4O2S. The minimum atomic E-state index is -0.242. The minimum Gasteiger partial charge on any atom is -0.312 e. The number of nitrogens with one attached hydrogen (secondary N) is 1. The van der Waals surface area contributed by atoms with E-state index in [-0.39, 0.29) is 11.8 Å². The lowest BCUT2D eigenvalue weighted by atomic mass is 10.2. The summed E-state index contributed by atoms with van der Waals surface area (Å²) in [5, 5.41) is 3.28. The molecule has 0 radical (unpaired) electrons. The zero-order valence-corrected chi connectivity index (χ0v) is 14.2. The van der Waals surface area contributed by atoms with Crippen LogP contribution in [-0.2, 0) is 11.2 Å². The first-order chi connectivity index (χ1) is 11.6. The molecule has 1 heterocycles. The molecule has 6 nitrogen and oxygen atoms in total. The fourth-order valence-electron chi connectivity index (χ4n) is 2.24. The first-order valence-corrected chi connectivity index (χ1v) is 8.48. The van der Waals surface area contributed by atoms with Crippen LogP contribution in [0.3, 0.4) is 0 Å². The first kappa shape index (κ1) is 16.3. The van der Waals surface area contributed by atoms with Crippen LogP contribution in [0.2, 0.25) is 0 Å². The Morgan fingerprint density at radius 3 is 2.71 bits per heavy atom. The van der Waals surface area contributed by atoms with Gasteiger partial charge in [0.25, 0.3) is 5.91 Å². The van der Waals surface area contributed by atoms with Gasteiger partial charge >= 0.3 is 0 Å². The molecule has 0 spiro atoms. The van der Waals surface area contributed by atoms with Crippen molar-refractivity contribution in [1.82, 2.24) is 9.36 Å². The van der Waals surface area contributed by atoms with Gasteiger partial charge in [0.1, 0.15) is 5.82 Å². The van der Waals surface area contributed by atoms with Crippen molar-refractivity contribution >= 4 is 34.2 Å². The van der Waals surface area contributed by atoms with E-state index in [1.807, 2.05) is 0 Å². The number of carbonyl (C=O) groups is 2. The number of hydrogen-bond acceptors (Lipinski definition) is 5. The summed E-state index contributed by atoms with van der Waals surface area (Å²) in [6.45, 7) is 3.46. The highest BCUT2D eigenvalue weighted by atomic mass is 32.1. The Labute approximate surface area is 144 Å². The molecule has 24 heavy (non-hydrogen) atoms. The molecule has 1 N–H and O–H groups in total. The van der Waals surface area contributed by atoms with E-state index in [1.54, 1.807) is 31.3 Å². The Bertz CT molecular complexity index is 765. The molecule has 0 bridgehead atoms. The van der Waals surface area contributed by atoms with Crippen molar-refractivity contribution in [3.63, 3.8) is 0 Å². The summed E-state index contributed by atoms with van der Waals surface area (Å²) >= 11 is 1.20. The molecule has 124 valence electrons. The van der Waals surface area contributed by atoms with Crippen LogP contribution in [0.25, 0.3) is 0 Å². The van der Waals surface area contributed by atoms with Crippen molar-refractivity contribution in [2.75, 3.05) is 17.3 Å². The van der Waals surface area contributed by atoms with E-state index in [2.05, 4.69) is 21.3 Å². The van der Waals surface area contributed by atoms with Crippen LogP contribution in [0.5, 0.6) is 0 Å². The van der Waals surface area contributed by atoms with Crippen LogP contribution in [0, 0.1) is 5.92 Å². The van der Waals surface area contributed by atoms with Crippen LogP contribution in [0.4, 0.5) is 10.8 Å². The molecule has 2 aromatic rings. The monoisotopic (exact) mass is 342 g/mol. The third-order valence-electron chi connectivity index (χ3n) is 3.88. The molecule has 0 atom stereocenters. The number of amides is 2. The molecule has 0 unspecified atom stereocenters. The van der Waals surface area contributed by atoms with Gasteiger partial charge in [0.2, 0.25) is 11.0 Å². The van der Waals surface area contributed by atoms with E-state index in [1.165, 1.54) is 35.4 Å². The van der Waals surface area contributed by atoms with Crippen LogP contribution in [-0.4, -0.2) is 28.2 Å². The molecule has 1 aliphatic rings. The van der Waals surface area contributed by atoms with E-state index in [0.29, 0.717) is 22.3 Å². The highest BCUT2D eigenvalue weighted by Gasteiger charge is 2.23. The maximum atomic E-state index is 12.3. The van der Waals surface area contributed by atoms with Gasteiger partial charge in [-0.25, -0.2) is 4.98 Å². The largest absolute Gasteiger partial charge is 0.312 e. The molecular weight excluding hydrogens is 324 g/mol. The molecule has 1 aliphatic carbocycles. The summed E-state index contributed by atoms with van der Waals surface area (Å²) in [6.07, 6.45) is 4.63. The smallest absolute Gasteiger partial charge is 0.257 e. The van der Waals surface area contributed by atoms with Gasteiger partial charge in [-0.1, -0.05) is 6.58 Å². The van der Waals surface area contributed by atoms with E-state index < -0.39 is 0 Å². The van der Waals surface area contributed by atoms with E-state index in [4.69, 9.17) is 0 Å². The van der Waals surface area contributed by atoms with E-state index in [0.717, 1.165) is 12.2 Å². The second-order valence-electron chi connectivity index (χ2n) is 5.77. The number of rotatable bonds is 6. The molecule has 1 fully saturated rings. The summed E-state index contributed by atoms with van der Waals surface area (Å²) in [5.41, 5.74) is 1.19. The highest BCUT2D eigenvalue weighted by Crippen LogP contribution is 2.32. The molecule has 7 heteroatoms. The van der Waals surface area contributed by atoms with Gasteiger partial charge in [-0.3, -0.25) is 14.9 Å². The SMILES string of the molecule is C=CC(=O)N(C)c1ccc(C(=O)Nc2nc(CC3CC3)ns2)cc1. The first-order valence-electron chi connectivity index (χ1n) is 7.71. The van der Waals surface area contributed by atoms with E-state index >= 15 is 0 Å². The molecule has 1 aromatic carbocycles. The Morgan fingerprint density at radius 2 is 2.08 bits per heavy atom. The van der Waals surface area contributed by atoms with Gasteiger partial charge in [-0.15, -0.1) is 0 Å². The van der Waals surface area contributed by atoms with Crippen LogP contribution >= 0.6 is 11.5 Å². The van der Waals surface area contributed by atoms with Crippen LogP contribution in [0.15, 0.2) is 36.9 Å². The van der Waals surface area contributed by atoms with Crippen molar-refractivity contribution in [3.05, 3.63) is 48.3 Å². The summed E-state index contributed by atoms with van der Waals surface area (Å²) in [6, 6.07) is 6.78. The van der Waals surface area contributed by atoms with Gasteiger partial charge in [0, 0.05) is 36.3 Å². The van der Waals surface area contributed by atoms with Crippen molar-refractivity contribution < 1.29 is 9.59 Å². The van der Waals surface area contributed by atoms with Crippen molar-refractivity contribution in [2.24, 2.45) is 5.92 Å². The lowest BCUT2D eigenvalue weighted by Gasteiger charge is -2.15. The zero-order valence-electron chi connectivity index (χ0n) is 13.4. The van der Waals surface area contributed by atoms with Crippen LogP contribution in [0.1, 0.15) is 29.0 Å². The second-order valence-corrected chi connectivity index (χ2v) is 6.52. The second kappa shape index (κ2) is 6.92. The van der Waals surface area contributed by atoms with Gasteiger partial charge in [0.05, 0.1) is 0 Å². The molecule has 1 aromatic heterocycles. The van der Waals surface area contributed by atoms with Crippen molar-refractivity contribution in [1.29, 1.82) is 0 Å². The number of carbonyl (C=O) groups excluding carboxylic acids is 2. The third-order valence-corrected chi connectivity index (χ3v) is 4.55. The summed E-state index contributed by atoms with van der Waals surface area (Å²) in [5.74, 6) is 1.07. The maximum Gasteiger partial charge on any atom is 0.257 e. The molecule has 2 amide bonds. The Balaban J connectivity index is 1.63. The zero-order chi connectivity index (χ0) is 17.1. The van der Waals surface area contributed by atoms with Gasteiger partial charge in [0.15, 0.2) is 0 Å². The van der Waals surface area contributed by atoms with E-state index in [9.17, 15) is 9.59 Å². The fraction of sp³-hybridized carbons (Fsp3) is 0.294. The van der Waals surface area contributed by atoms with Crippen molar-refractivity contribution in [2.45, 2.75) is 19.3 Å². The standard InChI is InChI=1S/C17H18N4O2S/c1-3-15(22)21(2)13-8-6-12(7-9-13)16(23)19-17-18-14(20-24-17)10-11-4-5-11/h3,6-9,11H,1,4-5,10H2,2H3,(H,18,19,20,23). The summed E-state index contributed by atoms with van der Waals surface area (Å²) in [4.78, 5) is 29.6. The predicted octanol–water partition coefficient (Wildman–Crippen LogP) is 2.89. The lowest BCUT2D eigenvalue weighted by molar-refractivity contribution is -0.113. The van der Waals surface area contributed by atoms with Gasteiger partial charge in [-0.2, -0.15) is 4.37 Å². The lowest BCUT2D eigenvalue weighted by Crippen LogP contribution is -2.23. The maximum absolute atomic E-state index is 12.3. The number of benzene rings is 1. The Hall–Kier alpha value is -2.54. The summed E-state index contributed by atoms with van der Waals surface area (Å²) in [7, 11) is 1.65. The minimum absolute atomic E-state index is 0.204. The highest BCUT2D eigenvalue weighted by molar-refractivity contribution is 7.09. The van der Waals surface area contributed by atoms with Crippen LogP contribution < -0.4 is 10.2 Å². The predicted molar refractivity (Wildman–Crippen MR) is 94.3 cm³/mol. The topological polar surface area (TPSA) is 75.2 Å². The number of hydrogen-bond donors (Lipinski definition) is 1. The molecule has 3 rings (SSSR count). The molecule has 0 saturated heterocycles. The normalized spacial score (nSPS) is 13.4. The number of nitrogens with zero attached hydrogens (tertiary/aromatic N) is 3. The molecule has 0 aliphatic heterocycles. The number of anilines is 2. The fourth-order valence-corrected chi connectivity index (χ4v) is 2.83. The third kappa shape index (κ3) is 3.86. The van der Waals surface area contributed by atoms with Gasteiger partial charge < -0.3 is 4.90 Å². The van der Waals surface area contributed by atoms with Gasteiger partial charge in [-0.05, 0) is 49.1 Å². The van der Waals surface area contributed by atoms with Crippen molar-refractivity contribution in [3.8, 4) is 0 Å². The Kier molecular flexibility index (Phi) is 4.71. The quantitative estimate of drug-likeness (QED) is 0.819. The number of likely N-dealkylation sites (N-methyl/N-ethyl adjacent to an activating group) is 1. The summed E-state index contributed by atoms with van der Waals surface area (Å²) < 4.78 is 4.27. The Morgan fingerprint density at radius 1 is 1.38 bits per heavy atom. The average molecular weight is 342 g/mol.